The fraction of sp³-hybridized carbons (Fsp3) is 0.471. The molecule has 1 aromatic carbocycles. The summed E-state index contributed by atoms with van der Waals surface area (Å²) in [6.45, 7) is 10.7. The van der Waals surface area contributed by atoms with Gasteiger partial charge in [-0.2, -0.15) is 5.10 Å². The minimum absolute atomic E-state index is 0.120. The van der Waals surface area contributed by atoms with Crippen molar-refractivity contribution in [3.8, 4) is 5.75 Å². The van der Waals surface area contributed by atoms with Crippen LogP contribution in [-0.2, 0) is 13.1 Å². The van der Waals surface area contributed by atoms with Crippen LogP contribution in [0.4, 0.5) is 0 Å². The van der Waals surface area contributed by atoms with Crippen molar-refractivity contribution in [1.29, 1.82) is 0 Å². The van der Waals surface area contributed by atoms with Crippen LogP contribution < -0.4 is 10.1 Å². The summed E-state index contributed by atoms with van der Waals surface area (Å²) >= 11 is 0. The van der Waals surface area contributed by atoms with Gasteiger partial charge in [0.1, 0.15) is 12.4 Å². The lowest BCUT2D eigenvalue weighted by Crippen LogP contribution is -2.35. The molecule has 0 aliphatic rings. The van der Waals surface area contributed by atoms with E-state index in [-0.39, 0.29) is 5.54 Å². The third kappa shape index (κ3) is 5.60. The standard InChI is InChI=1S/C17H25N3O/c1-14-8-9-20(19-14)10-11-21-16-7-5-6-15(12-16)13-18-17(2,3)4/h5-9,12,18H,10-11,13H2,1-4H3. The van der Waals surface area contributed by atoms with Crippen LogP contribution in [0.1, 0.15) is 32.0 Å². The molecule has 2 rings (SSSR count). The molecule has 114 valence electrons. The number of nitrogens with zero attached hydrogens (tertiary/aromatic N) is 2. The van der Waals surface area contributed by atoms with Crippen molar-refractivity contribution in [2.45, 2.75) is 46.3 Å². The van der Waals surface area contributed by atoms with Gasteiger partial charge >= 0.3 is 0 Å². The van der Waals surface area contributed by atoms with E-state index in [9.17, 15) is 0 Å². The van der Waals surface area contributed by atoms with Gasteiger partial charge in [-0.25, -0.2) is 0 Å². The molecule has 0 bridgehead atoms. The topological polar surface area (TPSA) is 39.1 Å². The third-order valence-electron chi connectivity index (χ3n) is 3.08. The van der Waals surface area contributed by atoms with Gasteiger partial charge in [-0.1, -0.05) is 12.1 Å². The van der Waals surface area contributed by atoms with Crippen molar-refractivity contribution in [2.75, 3.05) is 6.61 Å². The molecule has 0 saturated carbocycles. The Morgan fingerprint density at radius 3 is 2.71 bits per heavy atom. The van der Waals surface area contributed by atoms with Gasteiger partial charge in [0.25, 0.3) is 0 Å². The van der Waals surface area contributed by atoms with E-state index in [1.807, 2.05) is 36.0 Å². The average Bonchev–Trinajstić information content (AvgIpc) is 2.82. The van der Waals surface area contributed by atoms with Gasteiger partial charge in [-0.3, -0.25) is 4.68 Å². The van der Waals surface area contributed by atoms with Gasteiger partial charge in [-0.15, -0.1) is 0 Å². The number of hydrogen-bond donors (Lipinski definition) is 1. The van der Waals surface area contributed by atoms with E-state index in [0.717, 1.165) is 24.5 Å². The first kappa shape index (κ1) is 15.6. The first-order valence-electron chi connectivity index (χ1n) is 7.39. The summed E-state index contributed by atoms with van der Waals surface area (Å²) in [5, 5.41) is 7.82. The van der Waals surface area contributed by atoms with Crippen molar-refractivity contribution in [2.24, 2.45) is 0 Å². The molecule has 4 heteroatoms. The van der Waals surface area contributed by atoms with Gasteiger partial charge in [-0.05, 0) is 51.5 Å². The van der Waals surface area contributed by atoms with Crippen molar-refractivity contribution in [3.05, 3.63) is 47.8 Å². The molecule has 0 aliphatic heterocycles. The largest absolute Gasteiger partial charge is 0.492 e. The van der Waals surface area contributed by atoms with Crippen LogP contribution in [0.3, 0.4) is 0 Å². The molecule has 0 unspecified atom stereocenters. The fourth-order valence-electron chi connectivity index (χ4n) is 1.96. The quantitative estimate of drug-likeness (QED) is 0.887. The Kier molecular flexibility index (Phi) is 5.02. The zero-order valence-electron chi connectivity index (χ0n) is 13.4. The summed E-state index contributed by atoms with van der Waals surface area (Å²) in [4.78, 5) is 0. The molecule has 0 saturated heterocycles. The van der Waals surface area contributed by atoms with E-state index in [1.165, 1.54) is 5.56 Å². The molecule has 0 fully saturated rings. The summed E-state index contributed by atoms with van der Waals surface area (Å²) in [6, 6.07) is 10.2. The average molecular weight is 287 g/mol. The lowest BCUT2D eigenvalue weighted by Gasteiger charge is -2.20. The van der Waals surface area contributed by atoms with E-state index in [0.29, 0.717) is 6.61 Å². The second kappa shape index (κ2) is 6.76. The van der Waals surface area contributed by atoms with Crippen LogP contribution in [-0.4, -0.2) is 21.9 Å². The second-order valence-electron chi connectivity index (χ2n) is 6.32. The van der Waals surface area contributed by atoms with E-state index in [1.54, 1.807) is 0 Å². The third-order valence-corrected chi connectivity index (χ3v) is 3.08. The van der Waals surface area contributed by atoms with Crippen LogP contribution in [0.15, 0.2) is 36.5 Å². The number of nitrogens with one attached hydrogen (secondary N) is 1. The number of rotatable bonds is 6. The molecule has 21 heavy (non-hydrogen) atoms. The Hall–Kier alpha value is -1.81. The minimum atomic E-state index is 0.120. The van der Waals surface area contributed by atoms with Gasteiger partial charge < -0.3 is 10.1 Å². The molecule has 1 N–H and O–H groups in total. The summed E-state index contributed by atoms with van der Waals surface area (Å²) in [6.07, 6.45) is 1.97. The molecule has 0 radical (unpaired) electrons. The van der Waals surface area contributed by atoms with Crippen molar-refractivity contribution >= 4 is 0 Å². The van der Waals surface area contributed by atoms with Crippen LogP contribution in [0.5, 0.6) is 5.75 Å². The molecule has 4 nitrogen and oxygen atoms in total. The normalized spacial score (nSPS) is 11.6. The van der Waals surface area contributed by atoms with Crippen LogP contribution >= 0.6 is 0 Å². The molecule has 0 atom stereocenters. The Labute approximate surface area is 127 Å². The number of aryl methyl sites for hydroxylation is 1. The maximum absolute atomic E-state index is 5.80. The highest BCUT2D eigenvalue weighted by atomic mass is 16.5. The lowest BCUT2D eigenvalue weighted by molar-refractivity contribution is 0.290. The van der Waals surface area contributed by atoms with Crippen LogP contribution in [0.25, 0.3) is 0 Å². The molecule has 1 aromatic heterocycles. The van der Waals surface area contributed by atoms with Crippen molar-refractivity contribution in [3.63, 3.8) is 0 Å². The molecule has 1 heterocycles. The Bertz CT molecular complexity index is 569. The molecule has 0 aliphatic carbocycles. The van der Waals surface area contributed by atoms with Crippen LogP contribution in [0, 0.1) is 6.92 Å². The minimum Gasteiger partial charge on any atom is -0.492 e. The van der Waals surface area contributed by atoms with Crippen molar-refractivity contribution in [1.82, 2.24) is 15.1 Å². The molecule has 0 spiro atoms. The van der Waals surface area contributed by atoms with E-state index in [2.05, 4.69) is 43.3 Å². The number of hydrogen-bond acceptors (Lipinski definition) is 3. The first-order valence-corrected chi connectivity index (χ1v) is 7.39. The van der Waals surface area contributed by atoms with Gasteiger partial charge in [0.2, 0.25) is 0 Å². The van der Waals surface area contributed by atoms with Crippen LogP contribution in [0.2, 0.25) is 0 Å². The van der Waals surface area contributed by atoms with Gasteiger partial charge in [0.15, 0.2) is 0 Å². The Morgan fingerprint density at radius 2 is 2.05 bits per heavy atom. The molecular formula is C17H25N3O. The molecule has 2 aromatic rings. The predicted molar refractivity (Wildman–Crippen MR) is 85.5 cm³/mol. The van der Waals surface area contributed by atoms with Gasteiger partial charge in [0.05, 0.1) is 12.2 Å². The van der Waals surface area contributed by atoms with Gasteiger partial charge in [0, 0.05) is 18.3 Å². The predicted octanol–water partition coefficient (Wildman–Crippen LogP) is 3.16. The highest BCUT2D eigenvalue weighted by Gasteiger charge is 2.08. The Morgan fingerprint density at radius 1 is 1.24 bits per heavy atom. The lowest BCUT2D eigenvalue weighted by atomic mass is 10.1. The van der Waals surface area contributed by atoms with E-state index in [4.69, 9.17) is 4.74 Å². The SMILES string of the molecule is Cc1ccn(CCOc2cccc(CNC(C)(C)C)c2)n1. The van der Waals surface area contributed by atoms with E-state index >= 15 is 0 Å². The van der Waals surface area contributed by atoms with Crippen molar-refractivity contribution < 1.29 is 4.74 Å². The highest BCUT2D eigenvalue weighted by molar-refractivity contribution is 5.28. The van der Waals surface area contributed by atoms with E-state index < -0.39 is 0 Å². The summed E-state index contributed by atoms with van der Waals surface area (Å²) in [7, 11) is 0. The monoisotopic (exact) mass is 287 g/mol. The first-order chi connectivity index (χ1) is 9.92. The second-order valence-corrected chi connectivity index (χ2v) is 6.32. The number of benzene rings is 1. The zero-order chi connectivity index (χ0) is 15.3. The summed E-state index contributed by atoms with van der Waals surface area (Å²) in [5.41, 5.74) is 2.39. The number of aromatic nitrogens is 2. The highest BCUT2D eigenvalue weighted by Crippen LogP contribution is 2.14. The Balaban J connectivity index is 1.83. The summed E-state index contributed by atoms with van der Waals surface area (Å²) in [5.74, 6) is 0.909. The number of ether oxygens (including phenoxy) is 1. The maximum atomic E-state index is 5.80. The summed E-state index contributed by atoms with van der Waals surface area (Å²) < 4.78 is 7.71. The maximum Gasteiger partial charge on any atom is 0.119 e. The fourth-order valence-corrected chi connectivity index (χ4v) is 1.96. The smallest absolute Gasteiger partial charge is 0.119 e. The molecular weight excluding hydrogens is 262 g/mol. The zero-order valence-corrected chi connectivity index (χ0v) is 13.4. The molecule has 0 amide bonds.